The summed E-state index contributed by atoms with van der Waals surface area (Å²) in [5.41, 5.74) is 8.36. The maximum atomic E-state index is 14.7. The molecule has 1 aliphatic carbocycles. The highest BCUT2D eigenvalue weighted by molar-refractivity contribution is 6.33. The first-order valence-corrected chi connectivity index (χ1v) is 23.7. The van der Waals surface area contributed by atoms with E-state index in [1.165, 1.54) is 25.0 Å². The van der Waals surface area contributed by atoms with Gasteiger partial charge in [0.25, 0.3) is 12.3 Å². The van der Waals surface area contributed by atoms with Crippen LogP contribution in [0.5, 0.6) is 0 Å². The van der Waals surface area contributed by atoms with Gasteiger partial charge in [-0.1, -0.05) is 30.9 Å². The number of hydrogen-bond acceptors (Lipinski definition) is 9. The Bertz CT molecular complexity index is 2720. The van der Waals surface area contributed by atoms with Crippen LogP contribution in [-0.4, -0.2) is 110 Å². The Kier molecular flexibility index (Phi) is 12.0. The molecule has 1 saturated carbocycles. The first-order chi connectivity index (χ1) is 31.9. The summed E-state index contributed by atoms with van der Waals surface area (Å²) in [5, 5.41) is 7.95. The molecule has 17 heteroatoms. The van der Waals surface area contributed by atoms with E-state index in [0.29, 0.717) is 66.0 Å². The lowest BCUT2D eigenvalue weighted by molar-refractivity contribution is -0.137. The Balaban J connectivity index is 0.000000175. The lowest BCUT2D eigenvalue weighted by atomic mass is 9.92. The fraction of sp³-hybridized carbons (Fsp3) is 0.469. The van der Waals surface area contributed by atoms with Crippen molar-refractivity contribution in [3.8, 4) is 11.1 Å². The number of aryl methyl sites for hydroxylation is 1. The number of imide groups is 1. The van der Waals surface area contributed by atoms with E-state index >= 15 is 0 Å². The minimum absolute atomic E-state index is 0.0435. The number of alkyl halides is 2. The molecule has 66 heavy (non-hydrogen) atoms. The van der Waals surface area contributed by atoms with Crippen LogP contribution < -0.4 is 15.1 Å². The molecule has 11 rings (SSSR count). The number of nitrogens with one attached hydrogen (secondary N) is 1. The van der Waals surface area contributed by atoms with Crippen LogP contribution in [0.15, 0.2) is 55.0 Å². The highest BCUT2D eigenvalue weighted by Crippen LogP contribution is 2.45. The first kappa shape index (κ1) is 44.0. The molecule has 3 aromatic heterocycles. The molecule has 4 amide bonds. The molecule has 1 N–H and O–H groups in total. The maximum absolute atomic E-state index is 14.7. The van der Waals surface area contributed by atoms with Crippen LogP contribution in [0.25, 0.3) is 16.8 Å². The molecule has 0 spiro atoms. The SMILES string of the molecule is CC(=O)N1CCc2c(c(N3CCCc4cc(-c5cc6nccn6cc5Cl)c(C(F)F)cc43)nn2C2CCCCC2)C1.CN1CCN(c2ccc3c(c2)CN(C2CCC(=O)NC2=O)C3=O)CC1. The molecule has 6 aliphatic rings. The van der Waals surface area contributed by atoms with Crippen LogP contribution in [0.2, 0.25) is 5.02 Å². The quantitative estimate of drug-likeness (QED) is 0.172. The zero-order chi connectivity index (χ0) is 45.8. The van der Waals surface area contributed by atoms with E-state index in [1.807, 2.05) is 23.1 Å². The summed E-state index contributed by atoms with van der Waals surface area (Å²) in [7, 11) is 2.12. The van der Waals surface area contributed by atoms with Crippen molar-refractivity contribution in [3.63, 3.8) is 0 Å². The van der Waals surface area contributed by atoms with Gasteiger partial charge < -0.3 is 28.9 Å². The van der Waals surface area contributed by atoms with Crippen LogP contribution in [-0.2, 0) is 40.3 Å². The summed E-state index contributed by atoms with van der Waals surface area (Å²) in [6, 6.07) is 11.0. The number of hydrogen-bond donors (Lipinski definition) is 1. The van der Waals surface area contributed by atoms with E-state index in [9.17, 15) is 28.0 Å². The van der Waals surface area contributed by atoms with Crippen molar-refractivity contribution < 1.29 is 28.0 Å². The van der Waals surface area contributed by atoms with Gasteiger partial charge in [-0.2, -0.15) is 5.10 Å². The molecule has 3 fully saturated rings. The number of carbonyl (C=O) groups is 4. The zero-order valence-corrected chi connectivity index (χ0v) is 38.2. The third kappa shape index (κ3) is 8.31. The topological polar surface area (TPSA) is 132 Å². The summed E-state index contributed by atoms with van der Waals surface area (Å²) >= 11 is 6.63. The first-order valence-electron chi connectivity index (χ1n) is 23.3. The Labute approximate surface area is 387 Å². The average molecular weight is 921 g/mol. The van der Waals surface area contributed by atoms with Crippen molar-refractivity contribution in [3.05, 3.63) is 93.5 Å². The number of likely N-dealkylation sites (N-methyl/N-ethyl adjacent to an activating group) is 1. The van der Waals surface area contributed by atoms with Crippen molar-refractivity contribution >= 4 is 58.1 Å². The average Bonchev–Trinajstić information content (AvgIpc) is 4.03. The summed E-state index contributed by atoms with van der Waals surface area (Å²) in [5.74, 6) is 0.109. The number of carbonyl (C=O) groups excluding carboxylic acids is 4. The molecule has 1 atom stereocenters. The minimum atomic E-state index is -2.69. The summed E-state index contributed by atoms with van der Waals surface area (Å²) < 4.78 is 33.4. The van der Waals surface area contributed by atoms with Crippen molar-refractivity contribution in [2.45, 2.75) is 103 Å². The number of anilines is 3. The molecule has 1 unspecified atom stereocenters. The smallest absolute Gasteiger partial charge is 0.264 e. The van der Waals surface area contributed by atoms with Gasteiger partial charge in [-0.15, -0.1) is 0 Å². The van der Waals surface area contributed by atoms with Crippen LogP contribution in [0.3, 0.4) is 0 Å². The van der Waals surface area contributed by atoms with E-state index < -0.39 is 12.5 Å². The molecule has 5 aromatic rings. The largest absolute Gasteiger partial charge is 0.369 e. The van der Waals surface area contributed by atoms with Gasteiger partial charge >= 0.3 is 0 Å². The number of nitrogens with zero attached hydrogens (tertiary/aromatic N) is 9. The van der Waals surface area contributed by atoms with Crippen LogP contribution in [0.1, 0.15) is 109 Å². The van der Waals surface area contributed by atoms with Crippen molar-refractivity contribution in [1.29, 1.82) is 0 Å². The lowest BCUT2D eigenvalue weighted by Crippen LogP contribution is -2.52. The van der Waals surface area contributed by atoms with E-state index in [0.717, 1.165) is 92.2 Å². The summed E-state index contributed by atoms with van der Waals surface area (Å²) in [6.45, 7) is 7.90. The molecule has 0 bridgehead atoms. The van der Waals surface area contributed by atoms with E-state index in [2.05, 4.69) is 42.8 Å². The Morgan fingerprint density at radius 3 is 2.41 bits per heavy atom. The van der Waals surface area contributed by atoms with Crippen LogP contribution in [0.4, 0.5) is 26.0 Å². The predicted octanol–water partition coefficient (Wildman–Crippen LogP) is 7.48. The van der Waals surface area contributed by atoms with Gasteiger partial charge in [0.05, 0.1) is 17.6 Å². The zero-order valence-electron chi connectivity index (χ0n) is 37.4. The number of aromatic nitrogens is 4. The molecule has 8 heterocycles. The minimum Gasteiger partial charge on any atom is -0.369 e. The number of imidazole rings is 1. The summed E-state index contributed by atoms with van der Waals surface area (Å²) in [6.07, 6.45) is 11.4. The number of pyridine rings is 1. The number of amides is 4. The lowest BCUT2D eigenvalue weighted by Gasteiger charge is -2.34. The number of piperazine rings is 1. The second-order valence-corrected chi connectivity index (χ2v) is 19.0. The third-order valence-corrected chi connectivity index (χ3v) is 14.7. The van der Waals surface area contributed by atoms with Gasteiger partial charge in [-0.25, -0.2) is 13.8 Å². The fourth-order valence-corrected chi connectivity index (χ4v) is 11.0. The molecule has 0 radical (unpaired) electrons. The highest BCUT2D eigenvalue weighted by atomic mass is 35.5. The van der Waals surface area contributed by atoms with Gasteiger partial charge in [0.15, 0.2) is 5.82 Å². The van der Waals surface area contributed by atoms with E-state index in [1.54, 1.807) is 46.9 Å². The number of piperidine rings is 1. The van der Waals surface area contributed by atoms with E-state index in [-0.39, 0.29) is 35.6 Å². The maximum Gasteiger partial charge on any atom is 0.264 e. The predicted molar refractivity (Wildman–Crippen MR) is 247 cm³/mol. The normalized spacial score (nSPS) is 20.3. The molecular formula is C49H55ClF2N10O4. The number of halogens is 3. The standard InChI is InChI=1S/C31H33ClF2N6O.C18H22N4O3/c1-19(41)37-12-9-27-25(17-37)31(36-40(27)21-7-3-2-4-8-21)39-11-5-6-20-14-22(24(30(33)34)15-28(20)39)23-16-29-35-10-13-38(29)18-26(23)32;1-20-6-8-21(9-7-20)13-2-3-14-12(10-13)11-22(18(14)25)15-4-5-16(23)19-17(15)24/h10,13-16,18,21,30H,2-9,11-12,17H2,1H3;2-3,10,15H,4-9,11H2,1H3,(H,19,23,24). The fourth-order valence-electron chi connectivity index (χ4n) is 10.8. The molecular weight excluding hydrogens is 866 g/mol. The molecule has 2 saturated heterocycles. The number of benzene rings is 2. The second kappa shape index (κ2) is 18.1. The Morgan fingerprint density at radius 1 is 0.848 bits per heavy atom. The number of fused-ring (bicyclic) bond motifs is 4. The van der Waals surface area contributed by atoms with Crippen LogP contribution in [0, 0.1) is 0 Å². The molecule has 5 aliphatic heterocycles. The van der Waals surface area contributed by atoms with Crippen molar-refractivity contribution in [2.75, 3.05) is 56.1 Å². The Hall–Kier alpha value is -5.87. The van der Waals surface area contributed by atoms with Gasteiger partial charge in [0.1, 0.15) is 11.7 Å². The van der Waals surface area contributed by atoms with Gasteiger partial charge in [-0.3, -0.25) is 29.2 Å². The van der Waals surface area contributed by atoms with Crippen molar-refractivity contribution in [2.24, 2.45) is 0 Å². The van der Waals surface area contributed by atoms with Gasteiger partial charge in [0.2, 0.25) is 17.7 Å². The molecule has 14 nitrogen and oxygen atoms in total. The third-order valence-electron chi connectivity index (χ3n) is 14.4. The van der Waals surface area contributed by atoms with E-state index in [4.69, 9.17) is 16.7 Å². The molecule has 346 valence electrons. The highest BCUT2D eigenvalue weighted by Gasteiger charge is 2.40. The number of rotatable bonds is 6. The molecule has 2 aromatic carbocycles. The van der Waals surface area contributed by atoms with Crippen molar-refractivity contribution in [1.82, 2.24) is 39.2 Å². The van der Waals surface area contributed by atoms with Gasteiger partial charge in [0, 0.05) is 123 Å². The van der Waals surface area contributed by atoms with Gasteiger partial charge in [-0.05, 0) is 92.2 Å². The van der Waals surface area contributed by atoms with Crippen LogP contribution >= 0.6 is 11.6 Å². The second-order valence-electron chi connectivity index (χ2n) is 18.6. The summed E-state index contributed by atoms with van der Waals surface area (Å²) in [4.78, 5) is 63.0. The monoisotopic (exact) mass is 920 g/mol. The Morgan fingerprint density at radius 2 is 1.65 bits per heavy atom.